The standard InChI is InChI=1S/C14H17N5O/c1-10-4-3-5-11(8-10)9-19(2)14(20)12-6-7-13(16-15)18-17-12/h3-8H,9,15H2,1-2H3,(H,16,18). The number of nitrogen functional groups attached to an aromatic ring is 1. The second-order valence-corrected chi connectivity index (χ2v) is 4.60. The van der Waals surface area contributed by atoms with E-state index in [4.69, 9.17) is 5.84 Å². The van der Waals surface area contributed by atoms with E-state index in [1.54, 1.807) is 24.1 Å². The van der Waals surface area contributed by atoms with Crippen LogP contribution < -0.4 is 11.3 Å². The van der Waals surface area contributed by atoms with Crippen LogP contribution in [0.2, 0.25) is 0 Å². The Bertz CT molecular complexity index is 597. The van der Waals surface area contributed by atoms with E-state index in [-0.39, 0.29) is 5.91 Å². The zero-order chi connectivity index (χ0) is 14.5. The van der Waals surface area contributed by atoms with Gasteiger partial charge in [0.15, 0.2) is 11.5 Å². The predicted molar refractivity (Wildman–Crippen MR) is 76.8 cm³/mol. The highest BCUT2D eigenvalue weighted by molar-refractivity contribution is 5.92. The van der Waals surface area contributed by atoms with E-state index in [0.717, 1.165) is 5.56 Å². The predicted octanol–water partition coefficient (Wildman–Crippen LogP) is 1.34. The highest BCUT2D eigenvalue weighted by Crippen LogP contribution is 2.09. The summed E-state index contributed by atoms with van der Waals surface area (Å²) in [5, 5.41) is 7.63. The lowest BCUT2D eigenvalue weighted by Crippen LogP contribution is -2.27. The van der Waals surface area contributed by atoms with Crippen molar-refractivity contribution in [1.29, 1.82) is 0 Å². The first-order chi connectivity index (χ1) is 9.60. The molecule has 0 saturated carbocycles. The van der Waals surface area contributed by atoms with Gasteiger partial charge in [-0.1, -0.05) is 29.8 Å². The molecule has 0 unspecified atom stereocenters. The van der Waals surface area contributed by atoms with Crippen molar-refractivity contribution >= 4 is 11.7 Å². The van der Waals surface area contributed by atoms with E-state index in [0.29, 0.717) is 18.1 Å². The second-order valence-electron chi connectivity index (χ2n) is 4.60. The third-order valence-electron chi connectivity index (χ3n) is 2.88. The van der Waals surface area contributed by atoms with Gasteiger partial charge in [-0.2, -0.15) is 0 Å². The van der Waals surface area contributed by atoms with E-state index in [1.165, 1.54) is 5.56 Å². The van der Waals surface area contributed by atoms with Gasteiger partial charge in [0.2, 0.25) is 0 Å². The van der Waals surface area contributed by atoms with Crippen LogP contribution in [-0.4, -0.2) is 28.1 Å². The van der Waals surface area contributed by atoms with Crippen LogP contribution in [0.4, 0.5) is 5.82 Å². The van der Waals surface area contributed by atoms with Crippen LogP contribution >= 0.6 is 0 Å². The zero-order valence-electron chi connectivity index (χ0n) is 11.5. The molecule has 2 rings (SSSR count). The minimum absolute atomic E-state index is 0.178. The van der Waals surface area contributed by atoms with Crippen molar-refractivity contribution in [2.45, 2.75) is 13.5 Å². The lowest BCUT2D eigenvalue weighted by molar-refractivity contribution is 0.0778. The van der Waals surface area contributed by atoms with E-state index >= 15 is 0 Å². The summed E-state index contributed by atoms with van der Waals surface area (Å²) < 4.78 is 0. The molecule has 0 aliphatic carbocycles. The molecular formula is C14H17N5O. The zero-order valence-corrected chi connectivity index (χ0v) is 11.5. The lowest BCUT2D eigenvalue weighted by Gasteiger charge is -2.16. The first-order valence-electron chi connectivity index (χ1n) is 6.21. The number of nitrogens with zero attached hydrogens (tertiary/aromatic N) is 3. The fourth-order valence-electron chi connectivity index (χ4n) is 1.88. The minimum Gasteiger partial charge on any atom is -0.336 e. The normalized spacial score (nSPS) is 10.2. The molecule has 1 aromatic carbocycles. The highest BCUT2D eigenvalue weighted by Gasteiger charge is 2.14. The van der Waals surface area contributed by atoms with Gasteiger partial charge in [0, 0.05) is 13.6 Å². The maximum Gasteiger partial charge on any atom is 0.274 e. The number of hydrogen-bond donors (Lipinski definition) is 2. The summed E-state index contributed by atoms with van der Waals surface area (Å²) in [6, 6.07) is 11.2. The van der Waals surface area contributed by atoms with Crippen LogP contribution in [0.1, 0.15) is 21.6 Å². The molecule has 0 aliphatic rings. The van der Waals surface area contributed by atoms with Crippen molar-refractivity contribution in [2.24, 2.45) is 5.84 Å². The summed E-state index contributed by atoms with van der Waals surface area (Å²) in [5.74, 6) is 5.45. The van der Waals surface area contributed by atoms with Crippen molar-refractivity contribution in [2.75, 3.05) is 12.5 Å². The van der Waals surface area contributed by atoms with Crippen LogP contribution in [0, 0.1) is 6.92 Å². The maximum absolute atomic E-state index is 12.2. The first kappa shape index (κ1) is 14.0. The number of carbonyl (C=O) groups excluding carboxylic acids is 1. The SMILES string of the molecule is Cc1cccc(CN(C)C(=O)c2ccc(NN)nn2)c1. The quantitative estimate of drug-likeness (QED) is 0.647. The molecule has 0 fully saturated rings. The highest BCUT2D eigenvalue weighted by atomic mass is 16.2. The third-order valence-corrected chi connectivity index (χ3v) is 2.88. The largest absolute Gasteiger partial charge is 0.336 e. The monoisotopic (exact) mass is 271 g/mol. The third kappa shape index (κ3) is 3.30. The van der Waals surface area contributed by atoms with Crippen molar-refractivity contribution in [3.8, 4) is 0 Å². The summed E-state index contributed by atoms with van der Waals surface area (Å²) in [6.45, 7) is 2.55. The Morgan fingerprint density at radius 1 is 1.30 bits per heavy atom. The summed E-state index contributed by atoms with van der Waals surface area (Å²) in [4.78, 5) is 13.8. The molecule has 0 bridgehead atoms. The molecule has 2 aromatic rings. The molecule has 0 atom stereocenters. The number of anilines is 1. The second kappa shape index (κ2) is 6.12. The van der Waals surface area contributed by atoms with Gasteiger partial charge in [0.1, 0.15) is 0 Å². The number of nitrogens with two attached hydrogens (primary N) is 1. The summed E-state index contributed by atoms with van der Waals surface area (Å²) in [7, 11) is 1.74. The fourth-order valence-corrected chi connectivity index (χ4v) is 1.88. The Balaban J connectivity index is 2.07. The van der Waals surface area contributed by atoms with Gasteiger partial charge in [-0.25, -0.2) is 5.84 Å². The van der Waals surface area contributed by atoms with E-state index in [1.807, 2.05) is 25.1 Å². The van der Waals surface area contributed by atoms with Gasteiger partial charge in [0.25, 0.3) is 5.91 Å². The molecule has 0 radical (unpaired) electrons. The number of aryl methyl sites for hydroxylation is 1. The van der Waals surface area contributed by atoms with Gasteiger partial charge in [0.05, 0.1) is 0 Å². The van der Waals surface area contributed by atoms with Crippen molar-refractivity contribution in [3.63, 3.8) is 0 Å². The molecule has 20 heavy (non-hydrogen) atoms. The van der Waals surface area contributed by atoms with E-state index in [9.17, 15) is 4.79 Å². The summed E-state index contributed by atoms with van der Waals surface area (Å²) in [5.41, 5.74) is 4.91. The van der Waals surface area contributed by atoms with Crippen LogP contribution in [-0.2, 0) is 6.54 Å². The number of aromatic nitrogens is 2. The van der Waals surface area contributed by atoms with Gasteiger partial charge in [-0.15, -0.1) is 10.2 Å². The topological polar surface area (TPSA) is 84.1 Å². The number of carbonyl (C=O) groups is 1. The molecular weight excluding hydrogens is 254 g/mol. The Labute approximate surface area is 117 Å². The lowest BCUT2D eigenvalue weighted by atomic mass is 10.1. The smallest absolute Gasteiger partial charge is 0.274 e. The van der Waals surface area contributed by atoms with Crippen LogP contribution in [0.15, 0.2) is 36.4 Å². The first-order valence-corrected chi connectivity index (χ1v) is 6.21. The molecule has 0 saturated heterocycles. The Hall–Kier alpha value is -2.47. The maximum atomic E-state index is 12.2. The van der Waals surface area contributed by atoms with Crippen LogP contribution in [0.3, 0.4) is 0 Å². The Kier molecular flexibility index (Phi) is 4.27. The molecule has 1 amide bonds. The van der Waals surface area contributed by atoms with Gasteiger partial charge in [-0.05, 0) is 24.6 Å². The number of nitrogens with one attached hydrogen (secondary N) is 1. The van der Waals surface area contributed by atoms with Gasteiger partial charge >= 0.3 is 0 Å². The summed E-state index contributed by atoms with van der Waals surface area (Å²) >= 11 is 0. The van der Waals surface area contributed by atoms with Crippen LogP contribution in [0.25, 0.3) is 0 Å². The molecule has 0 spiro atoms. The van der Waals surface area contributed by atoms with Gasteiger partial charge in [-0.3, -0.25) is 4.79 Å². The number of hydrogen-bond acceptors (Lipinski definition) is 5. The molecule has 1 aromatic heterocycles. The number of rotatable bonds is 4. The van der Waals surface area contributed by atoms with Crippen molar-refractivity contribution in [3.05, 3.63) is 53.2 Å². The van der Waals surface area contributed by atoms with Crippen molar-refractivity contribution < 1.29 is 4.79 Å². The average molecular weight is 271 g/mol. The number of amides is 1. The molecule has 6 heteroatoms. The minimum atomic E-state index is -0.178. The number of benzene rings is 1. The molecule has 3 N–H and O–H groups in total. The molecule has 104 valence electrons. The summed E-state index contributed by atoms with van der Waals surface area (Å²) in [6.07, 6.45) is 0. The molecule has 6 nitrogen and oxygen atoms in total. The Morgan fingerprint density at radius 2 is 2.10 bits per heavy atom. The number of hydrazine groups is 1. The van der Waals surface area contributed by atoms with E-state index < -0.39 is 0 Å². The fraction of sp³-hybridized carbons (Fsp3) is 0.214. The van der Waals surface area contributed by atoms with E-state index in [2.05, 4.69) is 21.7 Å². The van der Waals surface area contributed by atoms with Crippen molar-refractivity contribution in [1.82, 2.24) is 15.1 Å². The van der Waals surface area contributed by atoms with Gasteiger partial charge < -0.3 is 10.3 Å². The molecule has 1 heterocycles. The Morgan fingerprint density at radius 3 is 2.70 bits per heavy atom. The van der Waals surface area contributed by atoms with Crippen LogP contribution in [0.5, 0.6) is 0 Å². The molecule has 0 aliphatic heterocycles. The average Bonchev–Trinajstić information content (AvgIpc) is 2.46.